The third-order valence-corrected chi connectivity index (χ3v) is 3.46. The first-order valence-electron chi connectivity index (χ1n) is 5.01. The lowest BCUT2D eigenvalue weighted by Crippen LogP contribution is -2.40. The molecule has 0 aromatic rings. The fourth-order valence-corrected chi connectivity index (χ4v) is 2.63. The van der Waals surface area contributed by atoms with Crippen LogP contribution in [0.25, 0.3) is 0 Å². The highest BCUT2D eigenvalue weighted by molar-refractivity contribution is 4.94. The first kappa shape index (κ1) is 10.9. The van der Waals surface area contributed by atoms with Crippen molar-refractivity contribution in [3.8, 4) is 0 Å². The molecule has 1 aliphatic rings. The van der Waals surface area contributed by atoms with Gasteiger partial charge in [0.05, 0.1) is 5.41 Å². The van der Waals surface area contributed by atoms with Gasteiger partial charge in [-0.1, -0.05) is 26.7 Å². The first-order chi connectivity index (χ1) is 5.94. The van der Waals surface area contributed by atoms with Crippen LogP contribution in [0.4, 0.5) is 13.2 Å². The van der Waals surface area contributed by atoms with Crippen LogP contribution < -0.4 is 0 Å². The van der Waals surface area contributed by atoms with E-state index in [4.69, 9.17) is 0 Å². The summed E-state index contributed by atoms with van der Waals surface area (Å²) in [6, 6.07) is 0. The van der Waals surface area contributed by atoms with E-state index in [0.717, 1.165) is 12.8 Å². The van der Waals surface area contributed by atoms with E-state index in [1.807, 2.05) is 6.92 Å². The fourth-order valence-electron chi connectivity index (χ4n) is 2.63. The van der Waals surface area contributed by atoms with Gasteiger partial charge in [0, 0.05) is 0 Å². The Balaban J connectivity index is 2.87. The molecule has 78 valence electrons. The van der Waals surface area contributed by atoms with Crippen molar-refractivity contribution < 1.29 is 13.2 Å². The second-order valence-corrected chi connectivity index (χ2v) is 4.20. The van der Waals surface area contributed by atoms with E-state index in [-0.39, 0.29) is 5.92 Å². The van der Waals surface area contributed by atoms with Crippen molar-refractivity contribution in [2.75, 3.05) is 0 Å². The van der Waals surface area contributed by atoms with Gasteiger partial charge in [-0.25, -0.2) is 0 Å². The summed E-state index contributed by atoms with van der Waals surface area (Å²) in [5, 5.41) is 0. The summed E-state index contributed by atoms with van der Waals surface area (Å²) in [7, 11) is 0. The summed E-state index contributed by atoms with van der Waals surface area (Å²) in [5.74, 6) is -0.188. The van der Waals surface area contributed by atoms with Gasteiger partial charge in [-0.2, -0.15) is 13.2 Å². The quantitative estimate of drug-likeness (QED) is 0.619. The Morgan fingerprint density at radius 3 is 2.31 bits per heavy atom. The minimum atomic E-state index is -4.00. The van der Waals surface area contributed by atoms with Crippen molar-refractivity contribution in [3.63, 3.8) is 0 Å². The summed E-state index contributed by atoms with van der Waals surface area (Å²) < 4.78 is 38.6. The zero-order chi connectivity index (χ0) is 10.1. The largest absolute Gasteiger partial charge is 0.394 e. The molecular formula is C10H17F3. The van der Waals surface area contributed by atoms with Crippen molar-refractivity contribution in [3.05, 3.63) is 0 Å². The van der Waals surface area contributed by atoms with Crippen LogP contribution in [-0.4, -0.2) is 6.18 Å². The molecule has 2 unspecified atom stereocenters. The SMILES string of the molecule is CCCC1(C(F)(F)F)CCCC1C. The van der Waals surface area contributed by atoms with E-state index in [9.17, 15) is 13.2 Å². The smallest absolute Gasteiger partial charge is 0.170 e. The zero-order valence-electron chi connectivity index (χ0n) is 8.25. The molecular weight excluding hydrogens is 177 g/mol. The predicted molar refractivity (Wildman–Crippen MR) is 46.4 cm³/mol. The van der Waals surface area contributed by atoms with Crippen LogP contribution >= 0.6 is 0 Å². The lowest BCUT2D eigenvalue weighted by atomic mass is 9.74. The van der Waals surface area contributed by atoms with Gasteiger partial charge < -0.3 is 0 Å². The molecule has 0 bridgehead atoms. The zero-order valence-corrected chi connectivity index (χ0v) is 8.25. The third kappa shape index (κ3) is 1.70. The Hall–Kier alpha value is -0.210. The van der Waals surface area contributed by atoms with Gasteiger partial charge in [0.25, 0.3) is 0 Å². The molecule has 0 spiro atoms. The van der Waals surface area contributed by atoms with Crippen LogP contribution in [0.1, 0.15) is 46.0 Å². The number of halogens is 3. The lowest BCUT2D eigenvalue weighted by molar-refractivity contribution is -0.237. The normalized spacial score (nSPS) is 35.3. The molecule has 1 aliphatic carbocycles. The van der Waals surface area contributed by atoms with Crippen molar-refractivity contribution in [2.45, 2.75) is 52.1 Å². The standard InChI is InChI=1S/C10H17F3/c1-3-6-9(10(11,12)13)7-4-5-8(9)2/h8H,3-7H2,1-2H3. The molecule has 1 rings (SSSR count). The van der Waals surface area contributed by atoms with Crippen molar-refractivity contribution in [1.29, 1.82) is 0 Å². The average molecular weight is 194 g/mol. The van der Waals surface area contributed by atoms with Crippen LogP contribution in [0.15, 0.2) is 0 Å². The first-order valence-corrected chi connectivity index (χ1v) is 5.01. The molecule has 0 saturated heterocycles. The van der Waals surface area contributed by atoms with Crippen molar-refractivity contribution in [2.24, 2.45) is 11.3 Å². The Kier molecular flexibility index (Phi) is 2.93. The molecule has 2 atom stereocenters. The second-order valence-electron chi connectivity index (χ2n) is 4.20. The summed E-state index contributed by atoms with van der Waals surface area (Å²) in [4.78, 5) is 0. The number of hydrogen-bond acceptors (Lipinski definition) is 0. The Morgan fingerprint density at radius 1 is 1.38 bits per heavy atom. The topological polar surface area (TPSA) is 0 Å². The van der Waals surface area contributed by atoms with Gasteiger partial charge >= 0.3 is 6.18 Å². The summed E-state index contributed by atoms with van der Waals surface area (Å²) in [5.41, 5.74) is -1.36. The van der Waals surface area contributed by atoms with Crippen LogP contribution in [-0.2, 0) is 0 Å². The third-order valence-electron chi connectivity index (χ3n) is 3.46. The number of alkyl halides is 3. The minimum absolute atomic E-state index is 0.188. The van der Waals surface area contributed by atoms with Gasteiger partial charge in [-0.15, -0.1) is 0 Å². The molecule has 0 aromatic heterocycles. The maximum Gasteiger partial charge on any atom is 0.394 e. The van der Waals surface area contributed by atoms with Crippen LogP contribution in [0, 0.1) is 11.3 Å². The molecule has 0 heterocycles. The highest BCUT2D eigenvalue weighted by Gasteiger charge is 2.58. The highest BCUT2D eigenvalue weighted by Crippen LogP contribution is 2.56. The van der Waals surface area contributed by atoms with E-state index in [2.05, 4.69) is 0 Å². The van der Waals surface area contributed by atoms with Gasteiger partial charge in [-0.3, -0.25) is 0 Å². The lowest BCUT2D eigenvalue weighted by Gasteiger charge is -2.35. The summed E-state index contributed by atoms with van der Waals surface area (Å²) in [6.07, 6.45) is -1.26. The van der Waals surface area contributed by atoms with E-state index in [1.165, 1.54) is 0 Å². The summed E-state index contributed by atoms with van der Waals surface area (Å²) in [6.45, 7) is 3.58. The molecule has 0 nitrogen and oxygen atoms in total. The molecule has 0 amide bonds. The molecule has 1 fully saturated rings. The van der Waals surface area contributed by atoms with E-state index in [0.29, 0.717) is 19.3 Å². The van der Waals surface area contributed by atoms with Gasteiger partial charge in [0.15, 0.2) is 0 Å². The molecule has 3 heteroatoms. The minimum Gasteiger partial charge on any atom is -0.170 e. The van der Waals surface area contributed by atoms with E-state index in [1.54, 1.807) is 6.92 Å². The van der Waals surface area contributed by atoms with Crippen molar-refractivity contribution >= 4 is 0 Å². The van der Waals surface area contributed by atoms with Gasteiger partial charge in [0.1, 0.15) is 0 Å². The maximum absolute atomic E-state index is 12.9. The van der Waals surface area contributed by atoms with Gasteiger partial charge in [-0.05, 0) is 25.2 Å². The summed E-state index contributed by atoms with van der Waals surface area (Å²) >= 11 is 0. The Morgan fingerprint density at radius 2 is 2.00 bits per heavy atom. The Bertz CT molecular complexity index is 173. The van der Waals surface area contributed by atoms with Gasteiger partial charge in [0.2, 0.25) is 0 Å². The van der Waals surface area contributed by atoms with E-state index >= 15 is 0 Å². The maximum atomic E-state index is 12.9. The van der Waals surface area contributed by atoms with Crippen molar-refractivity contribution in [1.82, 2.24) is 0 Å². The van der Waals surface area contributed by atoms with Crippen LogP contribution in [0.3, 0.4) is 0 Å². The molecule has 0 aliphatic heterocycles. The number of rotatable bonds is 2. The Labute approximate surface area is 77.5 Å². The average Bonchev–Trinajstić information content (AvgIpc) is 2.33. The molecule has 0 N–H and O–H groups in total. The highest BCUT2D eigenvalue weighted by atomic mass is 19.4. The monoisotopic (exact) mass is 194 g/mol. The van der Waals surface area contributed by atoms with Crippen LogP contribution in [0.5, 0.6) is 0 Å². The molecule has 13 heavy (non-hydrogen) atoms. The molecule has 0 radical (unpaired) electrons. The number of hydrogen-bond donors (Lipinski definition) is 0. The predicted octanol–water partition coefficient (Wildman–Crippen LogP) is 4.16. The fraction of sp³-hybridized carbons (Fsp3) is 1.00. The second kappa shape index (κ2) is 3.50. The van der Waals surface area contributed by atoms with Crippen LogP contribution in [0.2, 0.25) is 0 Å². The van der Waals surface area contributed by atoms with E-state index < -0.39 is 11.6 Å². The molecule has 1 saturated carbocycles. The molecule has 0 aromatic carbocycles.